The summed E-state index contributed by atoms with van der Waals surface area (Å²) in [6.45, 7) is 3.91. The lowest BCUT2D eigenvalue weighted by atomic mass is 9.97. The van der Waals surface area contributed by atoms with E-state index >= 15 is 0 Å². The van der Waals surface area contributed by atoms with Gasteiger partial charge in [-0.2, -0.15) is 0 Å². The number of nitrogens with zero attached hydrogens (tertiary/aromatic N) is 2. The molecule has 1 atom stereocenters. The van der Waals surface area contributed by atoms with Crippen molar-refractivity contribution in [2.45, 2.75) is 32.9 Å². The number of hydrogen-bond donors (Lipinski definition) is 2. The van der Waals surface area contributed by atoms with E-state index in [0.29, 0.717) is 23.9 Å². The summed E-state index contributed by atoms with van der Waals surface area (Å²) < 4.78 is 6.70. The van der Waals surface area contributed by atoms with Crippen LogP contribution >= 0.6 is 0 Å². The van der Waals surface area contributed by atoms with Gasteiger partial charge < -0.3 is 19.5 Å². The Morgan fingerprint density at radius 3 is 2.72 bits per heavy atom. The molecule has 0 aliphatic heterocycles. The van der Waals surface area contributed by atoms with E-state index in [1.165, 1.54) is 0 Å². The van der Waals surface area contributed by atoms with Gasteiger partial charge in [-0.1, -0.05) is 23.4 Å². The van der Waals surface area contributed by atoms with Crippen LogP contribution in [0.15, 0.2) is 64.2 Å². The van der Waals surface area contributed by atoms with Gasteiger partial charge in [0.15, 0.2) is 0 Å². The first kappa shape index (κ1) is 21.5. The summed E-state index contributed by atoms with van der Waals surface area (Å²) >= 11 is 0. The molecule has 0 saturated carbocycles. The Balaban J connectivity index is 1.82. The molecule has 2 heterocycles. The van der Waals surface area contributed by atoms with Crippen LogP contribution in [0, 0.1) is 6.92 Å². The largest absolute Gasteiger partial charge is 0.393 e. The maximum absolute atomic E-state index is 13.3. The minimum atomic E-state index is -0.568. The molecule has 164 valence electrons. The predicted molar refractivity (Wildman–Crippen MR) is 123 cm³/mol. The number of hydrogen-bond acceptors (Lipinski definition) is 5. The van der Waals surface area contributed by atoms with Crippen LogP contribution in [-0.4, -0.2) is 33.9 Å². The molecule has 2 N–H and O–H groups in total. The monoisotopic (exact) mass is 431 g/mol. The molecule has 2 aromatic carbocycles. The van der Waals surface area contributed by atoms with Gasteiger partial charge in [0.05, 0.1) is 18.3 Å². The summed E-state index contributed by atoms with van der Waals surface area (Å²) in [5.41, 5.74) is 4.65. The Morgan fingerprint density at radius 1 is 1.22 bits per heavy atom. The molecule has 1 amide bonds. The van der Waals surface area contributed by atoms with Gasteiger partial charge in [-0.05, 0) is 60.2 Å². The Morgan fingerprint density at radius 2 is 2.03 bits per heavy atom. The maximum atomic E-state index is 13.3. The van der Waals surface area contributed by atoms with Gasteiger partial charge >= 0.3 is 0 Å². The Kier molecular flexibility index (Phi) is 5.92. The average molecular weight is 431 g/mol. The molecule has 0 saturated heterocycles. The van der Waals surface area contributed by atoms with Crippen LogP contribution in [0.5, 0.6) is 0 Å². The lowest BCUT2D eigenvalue weighted by Gasteiger charge is -2.15. The van der Waals surface area contributed by atoms with Gasteiger partial charge in [-0.25, -0.2) is 0 Å². The first-order chi connectivity index (χ1) is 15.4. The van der Waals surface area contributed by atoms with Crippen LogP contribution in [0.3, 0.4) is 0 Å². The third-order valence-electron chi connectivity index (χ3n) is 5.51. The molecule has 4 aromatic rings. The lowest BCUT2D eigenvalue weighted by Crippen LogP contribution is -2.23. The van der Waals surface area contributed by atoms with Crippen molar-refractivity contribution in [1.29, 1.82) is 0 Å². The van der Waals surface area contributed by atoms with Crippen LogP contribution in [0.4, 0.5) is 0 Å². The number of aryl methyl sites for hydroxylation is 1. The molecule has 7 nitrogen and oxygen atoms in total. The van der Waals surface area contributed by atoms with E-state index in [9.17, 15) is 14.7 Å². The number of rotatable bonds is 6. The summed E-state index contributed by atoms with van der Waals surface area (Å²) in [6, 6.07) is 12.8. The van der Waals surface area contributed by atoms with E-state index in [0.717, 1.165) is 33.3 Å². The van der Waals surface area contributed by atoms with Crippen molar-refractivity contribution in [1.82, 2.24) is 15.0 Å². The van der Waals surface area contributed by atoms with Crippen LogP contribution in [0.1, 0.15) is 34.1 Å². The van der Waals surface area contributed by atoms with E-state index < -0.39 is 6.10 Å². The molecule has 1 unspecified atom stereocenters. The number of fused-ring (bicyclic) bond motifs is 1. The van der Waals surface area contributed by atoms with Crippen LogP contribution in [0.2, 0.25) is 0 Å². The van der Waals surface area contributed by atoms with Gasteiger partial charge in [0.1, 0.15) is 6.26 Å². The highest BCUT2D eigenvalue weighted by atomic mass is 16.5. The summed E-state index contributed by atoms with van der Waals surface area (Å²) in [6.07, 6.45) is 3.22. The normalized spacial score (nSPS) is 12.1. The fourth-order valence-corrected chi connectivity index (χ4v) is 3.95. The first-order valence-corrected chi connectivity index (χ1v) is 10.4. The third-order valence-corrected chi connectivity index (χ3v) is 5.51. The number of pyridine rings is 1. The van der Waals surface area contributed by atoms with E-state index in [1.807, 2.05) is 31.2 Å². The maximum Gasteiger partial charge on any atom is 0.258 e. The highest BCUT2D eigenvalue weighted by Crippen LogP contribution is 2.28. The van der Waals surface area contributed by atoms with E-state index in [-0.39, 0.29) is 11.5 Å². The van der Waals surface area contributed by atoms with E-state index in [2.05, 4.69) is 10.5 Å². The zero-order valence-corrected chi connectivity index (χ0v) is 18.3. The fourth-order valence-electron chi connectivity index (χ4n) is 3.95. The number of aliphatic hydroxyl groups excluding tert-OH is 1. The number of amides is 1. The molecule has 4 rings (SSSR count). The summed E-state index contributed by atoms with van der Waals surface area (Å²) in [5, 5.41) is 18.0. The van der Waals surface area contributed by atoms with Crippen LogP contribution < -0.4 is 10.9 Å². The van der Waals surface area contributed by atoms with Crippen molar-refractivity contribution < 1.29 is 14.4 Å². The first-order valence-electron chi connectivity index (χ1n) is 10.4. The number of benzene rings is 2. The number of aliphatic hydroxyl groups is 1. The quantitative estimate of drug-likeness (QED) is 0.488. The highest BCUT2D eigenvalue weighted by Gasteiger charge is 2.14. The molecule has 7 heteroatoms. The highest BCUT2D eigenvalue weighted by molar-refractivity contribution is 5.94. The molecule has 0 radical (unpaired) electrons. The number of carbonyl (C=O) groups excluding carboxylic acids is 1. The molecular weight excluding hydrogens is 406 g/mol. The second kappa shape index (κ2) is 8.80. The zero-order chi connectivity index (χ0) is 22.8. The zero-order valence-electron chi connectivity index (χ0n) is 18.3. The minimum Gasteiger partial charge on any atom is -0.393 e. The van der Waals surface area contributed by atoms with Gasteiger partial charge in [-0.15, -0.1) is 0 Å². The molecule has 32 heavy (non-hydrogen) atoms. The van der Waals surface area contributed by atoms with Crippen molar-refractivity contribution >= 4 is 16.7 Å². The van der Waals surface area contributed by atoms with Crippen molar-refractivity contribution in [3.8, 4) is 11.1 Å². The lowest BCUT2D eigenvalue weighted by molar-refractivity contribution is 0.0963. The molecular formula is C25H25N3O4. The third kappa shape index (κ3) is 4.20. The van der Waals surface area contributed by atoms with E-state index in [4.69, 9.17) is 4.52 Å². The average Bonchev–Trinajstić information content (AvgIpc) is 3.21. The summed E-state index contributed by atoms with van der Waals surface area (Å²) in [5.74, 6) is -0.177. The minimum absolute atomic E-state index is 0.131. The smallest absolute Gasteiger partial charge is 0.258 e. The molecule has 0 bridgehead atoms. The Labute approximate surface area is 185 Å². The fraction of sp³-hybridized carbons (Fsp3) is 0.240. The second-order valence-corrected chi connectivity index (χ2v) is 7.99. The summed E-state index contributed by atoms with van der Waals surface area (Å²) in [4.78, 5) is 25.3. The molecule has 0 aliphatic rings. The molecule has 0 spiro atoms. The topological polar surface area (TPSA) is 97.4 Å². The van der Waals surface area contributed by atoms with Gasteiger partial charge in [0.2, 0.25) is 0 Å². The van der Waals surface area contributed by atoms with Crippen molar-refractivity contribution in [3.05, 3.63) is 87.7 Å². The van der Waals surface area contributed by atoms with Gasteiger partial charge in [-0.3, -0.25) is 9.59 Å². The van der Waals surface area contributed by atoms with Crippen LogP contribution in [-0.2, 0) is 13.0 Å². The van der Waals surface area contributed by atoms with Gasteiger partial charge in [0, 0.05) is 36.2 Å². The van der Waals surface area contributed by atoms with Crippen molar-refractivity contribution in [2.24, 2.45) is 0 Å². The Hall–Kier alpha value is -3.71. The number of aromatic nitrogens is 2. The standard InChI is InChI=1S/C25H25N3O4/c1-15(29)9-20-13-28(12-17-5-4-6-19(10-17)24(30)26-3)25(31)21-8-7-18(11-22(20)21)23-14-32-27-16(23)2/h4-8,10-11,13-15,29H,9,12H2,1-3H3,(H,26,30). The molecule has 0 aliphatic carbocycles. The second-order valence-electron chi connectivity index (χ2n) is 7.99. The molecule has 0 fully saturated rings. The summed E-state index contributed by atoms with van der Waals surface area (Å²) in [7, 11) is 1.58. The number of carbonyl (C=O) groups is 1. The van der Waals surface area contributed by atoms with Crippen molar-refractivity contribution in [2.75, 3.05) is 7.05 Å². The molecule has 2 aromatic heterocycles. The predicted octanol–water partition coefficient (Wildman–Crippen LogP) is 3.30. The van der Waals surface area contributed by atoms with Crippen LogP contribution in [0.25, 0.3) is 21.9 Å². The van der Waals surface area contributed by atoms with E-state index in [1.54, 1.807) is 49.2 Å². The van der Waals surface area contributed by atoms with Crippen molar-refractivity contribution in [3.63, 3.8) is 0 Å². The Bertz CT molecular complexity index is 1350. The van der Waals surface area contributed by atoms with Gasteiger partial charge in [0.25, 0.3) is 11.5 Å². The SMILES string of the molecule is CNC(=O)c1cccc(Cn2cc(CC(C)O)c3cc(-c4conc4C)ccc3c2=O)c1. The number of nitrogens with one attached hydrogen (secondary N) is 1.